The summed E-state index contributed by atoms with van der Waals surface area (Å²) < 4.78 is 6.04. The van der Waals surface area contributed by atoms with Gasteiger partial charge in [0.2, 0.25) is 0 Å². The van der Waals surface area contributed by atoms with Gasteiger partial charge in [-0.25, -0.2) is 4.57 Å². The number of allylic oxidation sites excluding steroid dienone is 2. The Bertz CT molecular complexity index is 2120. The average Bonchev–Trinajstić information content (AvgIpc) is 3.44. The van der Waals surface area contributed by atoms with Crippen LogP contribution in [0.3, 0.4) is 0 Å². The average molecular weight is 663 g/mol. The predicted molar refractivity (Wildman–Crippen MR) is 213 cm³/mol. The summed E-state index contributed by atoms with van der Waals surface area (Å²) in [7, 11) is 6.88. The van der Waals surface area contributed by atoms with E-state index in [2.05, 4.69) is 179 Å². The molecule has 2 heterocycles. The van der Waals surface area contributed by atoms with Crippen molar-refractivity contribution in [2.24, 2.45) is 5.92 Å². The Morgan fingerprint density at radius 1 is 0.880 bits per heavy atom. The van der Waals surface area contributed by atoms with Crippen LogP contribution in [0.15, 0.2) is 128 Å². The maximum absolute atomic E-state index is 4.64. The molecule has 0 saturated heterocycles. The molecule has 0 bridgehead atoms. The van der Waals surface area contributed by atoms with E-state index in [4.69, 9.17) is 0 Å². The maximum Gasteiger partial charge on any atom is 0.295 e. The fourth-order valence-corrected chi connectivity index (χ4v) is 9.96. The number of likely N-dealkylation sites (N-methyl/N-ethyl adjacent to an activating group) is 1. The minimum Gasteiger partial charge on any atom is -0.383 e. The van der Waals surface area contributed by atoms with E-state index in [1.54, 1.807) is 0 Å². The smallest absolute Gasteiger partial charge is 0.295 e. The van der Waals surface area contributed by atoms with Gasteiger partial charge in [-0.1, -0.05) is 119 Å². The van der Waals surface area contributed by atoms with Crippen molar-refractivity contribution in [1.29, 1.82) is 0 Å². The SMILES string of the molecule is C=C/C=C(\C)CC1([N+](C)(C)c2ccccc2NC)C(C=C)C2C1c1ccccc1-c1n(-c3c(C(C)C)cccc3C(C)C)c3ccccc3[n+]12. The Labute approximate surface area is 299 Å². The molecule has 1 saturated carbocycles. The first-order chi connectivity index (χ1) is 24.0. The first kappa shape index (κ1) is 33.8. The molecule has 1 aliphatic carbocycles. The molecule has 0 radical (unpaired) electrons. The van der Waals surface area contributed by atoms with Crippen LogP contribution < -0.4 is 14.4 Å². The number of nitrogens with one attached hydrogen (secondary N) is 1. The topological polar surface area (TPSA) is 20.8 Å². The third-order valence-electron chi connectivity index (χ3n) is 12.1. The third-order valence-corrected chi connectivity index (χ3v) is 12.1. The Morgan fingerprint density at radius 3 is 2.18 bits per heavy atom. The van der Waals surface area contributed by atoms with Crippen LogP contribution in [0.25, 0.3) is 28.1 Å². The number of para-hydroxylation sites is 5. The van der Waals surface area contributed by atoms with Crippen molar-refractivity contribution < 1.29 is 4.57 Å². The number of benzene rings is 4. The van der Waals surface area contributed by atoms with Crippen molar-refractivity contribution >= 4 is 22.4 Å². The second-order valence-electron chi connectivity index (χ2n) is 15.6. The second-order valence-corrected chi connectivity index (χ2v) is 15.6. The number of rotatable bonds is 10. The molecule has 0 spiro atoms. The summed E-state index contributed by atoms with van der Waals surface area (Å²) in [6.07, 6.45) is 7.34. The van der Waals surface area contributed by atoms with Gasteiger partial charge >= 0.3 is 0 Å². The minimum atomic E-state index is -0.230. The fraction of sp³-hybridized carbons (Fsp3) is 0.326. The highest BCUT2D eigenvalue weighted by molar-refractivity contribution is 5.82. The minimum absolute atomic E-state index is 0.168. The Hall–Kier alpha value is -4.67. The summed E-state index contributed by atoms with van der Waals surface area (Å²) in [5.74, 6) is 2.41. The third kappa shape index (κ3) is 4.64. The van der Waals surface area contributed by atoms with Crippen molar-refractivity contribution in [1.82, 2.24) is 9.05 Å². The first-order valence-electron chi connectivity index (χ1n) is 18.3. The van der Waals surface area contributed by atoms with Crippen molar-refractivity contribution in [2.75, 3.05) is 26.5 Å². The lowest BCUT2D eigenvalue weighted by molar-refractivity contribution is -0.719. The van der Waals surface area contributed by atoms with Crippen LogP contribution in [0.4, 0.5) is 11.4 Å². The fourth-order valence-electron chi connectivity index (χ4n) is 9.96. The zero-order valence-electron chi connectivity index (χ0n) is 31.2. The number of anilines is 1. The Morgan fingerprint density at radius 2 is 1.52 bits per heavy atom. The largest absolute Gasteiger partial charge is 0.383 e. The molecule has 1 N–H and O–H groups in total. The second kappa shape index (κ2) is 12.6. The molecule has 256 valence electrons. The van der Waals surface area contributed by atoms with E-state index in [1.165, 1.54) is 56.1 Å². The monoisotopic (exact) mass is 662 g/mol. The van der Waals surface area contributed by atoms with Gasteiger partial charge in [0, 0.05) is 30.7 Å². The number of imidazole rings is 1. The Kier molecular flexibility index (Phi) is 8.51. The molecule has 0 amide bonds. The van der Waals surface area contributed by atoms with Gasteiger partial charge in [-0.3, -0.25) is 4.48 Å². The lowest BCUT2D eigenvalue weighted by Crippen LogP contribution is -2.80. The number of hydrogen-bond acceptors (Lipinski definition) is 1. The zero-order chi connectivity index (χ0) is 35.5. The van der Waals surface area contributed by atoms with Crippen LogP contribution >= 0.6 is 0 Å². The molecule has 4 atom stereocenters. The molecular weight excluding hydrogens is 609 g/mol. The van der Waals surface area contributed by atoms with Crippen molar-refractivity contribution in [2.45, 2.75) is 70.4 Å². The van der Waals surface area contributed by atoms with Crippen LogP contribution in [-0.2, 0) is 0 Å². The van der Waals surface area contributed by atoms with Crippen molar-refractivity contribution in [3.8, 4) is 17.1 Å². The van der Waals surface area contributed by atoms with E-state index < -0.39 is 0 Å². The maximum atomic E-state index is 4.64. The Balaban J connectivity index is 1.60. The number of quaternary nitrogens is 1. The van der Waals surface area contributed by atoms with E-state index >= 15 is 0 Å². The summed E-state index contributed by atoms with van der Waals surface area (Å²) in [6, 6.07) is 34.3. The summed E-state index contributed by atoms with van der Waals surface area (Å²) in [5.41, 5.74) is 12.9. The molecule has 1 fully saturated rings. The van der Waals surface area contributed by atoms with Crippen molar-refractivity contribution in [3.63, 3.8) is 0 Å². The molecule has 1 aliphatic heterocycles. The standard InChI is InChI=1S/C46H54N4/c1-11-20-32(7)29-46(50(9,10)41-28-18-15-25-38(41)47-8)37(12-2)44-42(46)35-21-13-14-22-36(35)45-48(39-26-16-17-27-40(39)49(44)45)43-33(30(3)4)23-19-24-34(43)31(5)6/h11-28,30-31,37,42,44,47H,1-2,29H2,3-10H3/q+2/b32-20+. The molecule has 5 aromatic rings. The molecule has 1 aromatic heterocycles. The summed E-state index contributed by atoms with van der Waals surface area (Å²) in [5, 5.41) is 3.53. The van der Waals surface area contributed by atoms with Gasteiger partial charge in [-0.2, -0.15) is 4.57 Å². The molecule has 4 nitrogen and oxygen atoms in total. The first-order valence-corrected chi connectivity index (χ1v) is 18.3. The molecule has 4 unspecified atom stereocenters. The molecule has 4 aromatic carbocycles. The van der Waals surface area contributed by atoms with Gasteiger partial charge in [0.1, 0.15) is 17.3 Å². The zero-order valence-corrected chi connectivity index (χ0v) is 31.2. The van der Waals surface area contributed by atoms with E-state index in [0.717, 1.165) is 12.1 Å². The van der Waals surface area contributed by atoms with Crippen LogP contribution in [0.1, 0.15) is 81.5 Å². The highest BCUT2D eigenvalue weighted by Crippen LogP contribution is 2.67. The highest BCUT2D eigenvalue weighted by Gasteiger charge is 2.75. The van der Waals surface area contributed by atoms with Gasteiger partial charge in [0.15, 0.2) is 16.7 Å². The number of hydrogen-bond donors (Lipinski definition) is 1. The summed E-state index contributed by atoms with van der Waals surface area (Å²) in [4.78, 5) is 0. The molecule has 2 aliphatic rings. The van der Waals surface area contributed by atoms with Crippen molar-refractivity contribution in [3.05, 3.63) is 145 Å². The predicted octanol–water partition coefficient (Wildman–Crippen LogP) is 10.9. The normalized spacial score (nSPS) is 21.4. The molecule has 4 heteroatoms. The van der Waals surface area contributed by atoms with Gasteiger partial charge in [-0.05, 0) is 48.6 Å². The van der Waals surface area contributed by atoms with Gasteiger partial charge in [0.25, 0.3) is 5.82 Å². The van der Waals surface area contributed by atoms with Gasteiger partial charge in [-0.15, -0.1) is 6.58 Å². The lowest BCUT2D eigenvalue weighted by atomic mass is 9.47. The quantitative estimate of drug-likeness (QED) is 0.0683. The number of fused-ring (bicyclic) bond motifs is 8. The van der Waals surface area contributed by atoms with Crippen LogP contribution in [-0.4, -0.2) is 31.2 Å². The van der Waals surface area contributed by atoms with E-state index in [9.17, 15) is 0 Å². The van der Waals surface area contributed by atoms with Gasteiger partial charge < -0.3 is 5.32 Å². The molecule has 50 heavy (non-hydrogen) atoms. The number of nitrogens with zero attached hydrogens (tertiary/aromatic N) is 3. The van der Waals surface area contributed by atoms with Crippen LogP contribution in [0.2, 0.25) is 0 Å². The highest BCUT2D eigenvalue weighted by atomic mass is 15.4. The summed E-state index contributed by atoms with van der Waals surface area (Å²) >= 11 is 0. The molecular formula is C46H54N4+2. The molecule has 7 rings (SSSR count). The number of aromatic nitrogens is 2. The van der Waals surface area contributed by atoms with Gasteiger partial charge in [0.05, 0.1) is 37.2 Å². The lowest BCUT2D eigenvalue weighted by Gasteiger charge is -2.65. The van der Waals surface area contributed by atoms with Crippen LogP contribution in [0, 0.1) is 5.92 Å². The van der Waals surface area contributed by atoms with Crippen LogP contribution in [0.5, 0.6) is 0 Å². The van der Waals surface area contributed by atoms with E-state index in [1.807, 2.05) is 13.1 Å². The van der Waals surface area contributed by atoms with E-state index in [-0.39, 0.29) is 23.4 Å². The van der Waals surface area contributed by atoms with E-state index in [0.29, 0.717) is 16.3 Å². The summed E-state index contributed by atoms with van der Waals surface area (Å²) in [6.45, 7) is 20.3.